The summed E-state index contributed by atoms with van der Waals surface area (Å²) in [6.45, 7) is 6.18. The molecule has 0 aromatic heterocycles. The van der Waals surface area contributed by atoms with Crippen LogP contribution in [0.15, 0.2) is 53.5 Å². The fourth-order valence-corrected chi connectivity index (χ4v) is 2.54. The lowest BCUT2D eigenvalue weighted by atomic mass is 10.0. The highest BCUT2D eigenvalue weighted by atomic mass is 19.1. The Morgan fingerprint density at radius 3 is 2.52 bits per heavy atom. The second-order valence-corrected chi connectivity index (χ2v) is 5.85. The predicted molar refractivity (Wildman–Crippen MR) is 101 cm³/mol. The SMILES string of the molecule is CCNC(=NCc1ccc(F)cc1)NCC(C)c1ccccc1OC. The molecule has 2 N–H and O–H groups in total. The monoisotopic (exact) mass is 343 g/mol. The number of rotatable bonds is 7. The first-order valence-electron chi connectivity index (χ1n) is 8.53. The number of hydrogen-bond donors (Lipinski definition) is 2. The smallest absolute Gasteiger partial charge is 0.191 e. The minimum absolute atomic E-state index is 0.233. The maximum absolute atomic E-state index is 13.0. The van der Waals surface area contributed by atoms with Gasteiger partial charge >= 0.3 is 0 Å². The summed E-state index contributed by atoms with van der Waals surface area (Å²) < 4.78 is 18.4. The van der Waals surface area contributed by atoms with Crippen molar-refractivity contribution in [2.24, 2.45) is 4.99 Å². The Hall–Kier alpha value is -2.56. The van der Waals surface area contributed by atoms with E-state index in [9.17, 15) is 4.39 Å². The third kappa shape index (κ3) is 5.78. The van der Waals surface area contributed by atoms with Crippen molar-refractivity contribution >= 4 is 5.96 Å². The van der Waals surface area contributed by atoms with Gasteiger partial charge in [-0.2, -0.15) is 0 Å². The fourth-order valence-electron chi connectivity index (χ4n) is 2.54. The van der Waals surface area contributed by atoms with E-state index in [-0.39, 0.29) is 11.7 Å². The number of para-hydroxylation sites is 1. The van der Waals surface area contributed by atoms with E-state index >= 15 is 0 Å². The molecule has 25 heavy (non-hydrogen) atoms. The predicted octanol–water partition coefficient (Wildman–Crippen LogP) is 3.69. The zero-order valence-electron chi connectivity index (χ0n) is 15.1. The number of halogens is 1. The van der Waals surface area contributed by atoms with Gasteiger partial charge in [-0.3, -0.25) is 0 Å². The molecule has 2 aromatic carbocycles. The van der Waals surface area contributed by atoms with Crippen LogP contribution in [0.1, 0.15) is 30.9 Å². The molecule has 2 rings (SSSR count). The first-order valence-corrected chi connectivity index (χ1v) is 8.53. The van der Waals surface area contributed by atoms with Crippen LogP contribution in [0, 0.1) is 5.82 Å². The molecule has 134 valence electrons. The largest absolute Gasteiger partial charge is 0.496 e. The second-order valence-electron chi connectivity index (χ2n) is 5.85. The highest BCUT2D eigenvalue weighted by Crippen LogP contribution is 2.25. The van der Waals surface area contributed by atoms with Crippen LogP contribution in [0.4, 0.5) is 4.39 Å². The maximum atomic E-state index is 13.0. The van der Waals surface area contributed by atoms with E-state index in [1.165, 1.54) is 12.1 Å². The molecule has 0 saturated carbocycles. The Labute approximate surface area is 149 Å². The summed E-state index contributed by atoms with van der Waals surface area (Å²) in [5, 5.41) is 6.59. The number of methoxy groups -OCH3 is 1. The van der Waals surface area contributed by atoms with Crippen molar-refractivity contribution in [3.63, 3.8) is 0 Å². The summed E-state index contributed by atoms with van der Waals surface area (Å²) in [5.74, 6) is 1.67. The first-order chi connectivity index (χ1) is 12.1. The molecule has 0 aliphatic carbocycles. The molecule has 0 aliphatic heterocycles. The van der Waals surface area contributed by atoms with E-state index in [0.717, 1.165) is 35.9 Å². The van der Waals surface area contributed by atoms with Gasteiger partial charge in [0.1, 0.15) is 11.6 Å². The highest BCUT2D eigenvalue weighted by Gasteiger charge is 2.11. The van der Waals surface area contributed by atoms with Crippen molar-refractivity contribution in [2.75, 3.05) is 20.2 Å². The van der Waals surface area contributed by atoms with Gasteiger partial charge in [-0.25, -0.2) is 9.38 Å². The van der Waals surface area contributed by atoms with Crippen molar-refractivity contribution < 1.29 is 9.13 Å². The van der Waals surface area contributed by atoms with E-state index in [4.69, 9.17) is 4.74 Å². The number of guanidine groups is 1. The van der Waals surface area contributed by atoms with Crippen molar-refractivity contribution in [3.05, 3.63) is 65.5 Å². The summed E-state index contributed by atoms with van der Waals surface area (Å²) in [6, 6.07) is 14.4. The molecule has 0 fully saturated rings. The van der Waals surface area contributed by atoms with Crippen LogP contribution < -0.4 is 15.4 Å². The highest BCUT2D eigenvalue weighted by molar-refractivity contribution is 5.79. The van der Waals surface area contributed by atoms with Gasteiger partial charge in [0.2, 0.25) is 0 Å². The Balaban J connectivity index is 1.98. The molecule has 0 spiro atoms. The van der Waals surface area contributed by atoms with Crippen molar-refractivity contribution in [2.45, 2.75) is 26.3 Å². The normalized spacial score (nSPS) is 12.6. The number of nitrogens with one attached hydrogen (secondary N) is 2. The lowest BCUT2D eigenvalue weighted by Crippen LogP contribution is -2.39. The number of ether oxygens (including phenoxy) is 1. The molecular formula is C20H26FN3O. The van der Waals surface area contributed by atoms with Crippen LogP contribution in [-0.4, -0.2) is 26.2 Å². The van der Waals surface area contributed by atoms with E-state index in [2.05, 4.69) is 28.6 Å². The van der Waals surface area contributed by atoms with E-state index in [0.29, 0.717) is 6.54 Å². The van der Waals surface area contributed by atoms with Crippen LogP contribution in [0.3, 0.4) is 0 Å². The quantitative estimate of drug-likeness (QED) is 0.595. The zero-order chi connectivity index (χ0) is 18.1. The molecule has 4 nitrogen and oxygen atoms in total. The Morgan fingerprint density at radius 2 is 1.84 bits per heavy atom. The zero-order valence-corrected chi connectivity index (χ0v) is 15.1. The minimum Gasteiger partial charge on any atom is -0.496 e. The van der Waals surface area contributed by atoms with Gasteiger partial charge in [-0.05, 0) is 36.2 Å². The topological polar surface area (TPSA) is 45.7 Å². The molecule has 0 amide bonds. The van der Waals surface area contributed by atoms with Gasteiger partial charge in [-0.1, -0.05) is 37.3 Å². The van der Waals surface area contributed by atoms with Gasteiger partial charge in [0, 0.05) is 19.0 Å². The van der Waals surface area contributed by atoms with Crippen molar-refractivity contribution in [3.8, 4) is 5.75 Å². The lowest BCUT2D eigenvalue weighted by molar-refractivity contribution is 0.406. The minimum atomic E-state index is -0.233. The molecule has 0 heterocycles. The maximum Gasteiger partial charge on any atom is 0.191 e. The number of aliphatic imine (C=N–C) groups is 1. The molecule has 0 radical (unpaired) electrons. The standard InChI is InChI=1S/C20H26FN3O/c1-4-22-20(24-14-16-9-11-17(21)12-10-16)23-13-15(2)18-7-5-6-8-19(18)25-3/h5-12,15H,4,13-14H2,1-3H3,(H2,22,23,24). The number of benzene rings is 2. The second kappa shape index (κ2) is 9.67. The van der Waals surface area contributed by atoms with Crippen LogP contribution in [-0.2, 0) is 6.54 Å². The van der Waals surface area contributed by atoms with Crippen LogP contribution >= 0.6 is 0 Å². The summed E-state index contributed by atoms with van der Waals surface area (Å²) in [7, 11) is 1.69. The number of hydrogen-bond acceptors (Lipinski definition) is 2. The van der Waals surface area contributed by atoms with E-state index < -0.39 is 0 Å². The van der Waals surface area contributed by atoms with E-state index in [1.807, 2.05) is 25.1 Å². The molecule has 0 aliphatic rings. The summed E-state index contributed by atoms with van der Waals surface area (Å²) >= 11 is 0. The number of nitrogens with zero attached hydrogens (tertiary/aromatic N) is 1. The van der Waals surface area contributed by atoms with Crippen LogP contribution in [0.2, 0.25) is 0 Å². The Bertz CT molecular complexity index is 686. The lowest BCUT2D eigenvalue weighted by Gasteiger charge is -2.18. The van der Waals surface area contributed by atoms with E-state index in [1.54, 1.807) is 19.2 Å². The van der Waals surface area contributed by atoms with Gasteiger partial charge in [-0.15, -0.1) is 0 Å². The summed E-state index contributed by atoms with van der Waals surface area (Å²) in [5.41, 5.74) is 2.13. The van der Waals surface area contributed by atoms with Gasteiger partial charge in [0.05, 0.1) is 13.7 Å². The molecular weight excluding hydrogens is 317 g/mol. The van der Waals surface area contributed by atoms with Crippen molar-refractivity contribution in [1.29, 1.82) is 0 Å². The molecule has 1 unspecified atom stereocenters. The third-order valence-corrected chi connectivity index (χ3v) is 3.92. The fraction of sp³-hybridized carbons (Fsp3) is 0.350. The Kier molecular flexibility index (Phi) is 7.26. The summed E-state index contributed by atoms with van der Waals surface area (Å²) in [6.07, 6.45) is 0. The average Bonchev–Trinajstić information content (AvgIpc) is 2.65. The molecule has 1 atom stereocenters. The van der Waals surface area contributed by atoms with Crippen molar-refractivity contribution in [1.82, 2.24) is 10.6 Å². The first kappa shape index (κ1) is 18.8. The molecule has 0 saturated heterocycles. The van der Waals surface area contributed by atoms with Gasteiger partial charge in [0.25, 0.3) is 0 Å². The Morgan fingerprint density at radius 1 is 1.12 bits per heavy atom. The molecule has 0 bridgehead atoms. The molecule has 2 aromatic rings. The van der Waals surface area contributed by atoms with Gasteiger partial charge < -0.3 is 15.4 Å². The average molecular weight is 343 g/mol. The van der Waals surface area contributed by atoms with Crippen LogP contribution in [0.25, 0.3) is 0 Å². The third-order valence-electron chi connectivity index (χ3n) is 3.92. The molecule has 5 heteroatoms. The van der Waals surface area contributed by atoms with Gasteiger partial charge in [0.15, 0.2) is 5.96 Å². The summed E-state index contributed by atoms with van der Waals surface area (Å²) in [4.78, 5) is 4.56. The van der Waals surface area contributed by atoms with Crippen LogP contribution in [0.5, 0.6) is 5.75 Å².